The number of hydrogen-bond donors (Lipinski definition) is 0. The summed E-state index contributed by atoms with van der Waals surface area (Å²) in [7, 11) is 0. The molecule has 3 rings (SSSR count). The molecule has 90 valence electrons. The van der Waals surface area contributed by atoms with Crippen molar-refractivity contribution in [2.24, 2.45) is 0 Å². The van der Waals surface area contributed by atoms with Gasteiger partial charge in [0.05, 0.1) is 10.2 Å². The highest BCUT2D eigenvalue weighted by atomic mass is 32.1. The summed E-state index contributed by atoms with van der Waals surface area (Å²) < 4.78 is 7.08. The Bertz CT molecular complexity index is 615. The Balaban J connectivity index is 1.86. The summed E-state index contributed by atoms with van der Waals surface area (Å²) in [4.78, 5) is 4.60. The summed E-state index contributed by atoms with van der Waals surface area (Å²) in [5.41, 5.74) is 1.04. The Morgan fingerprint density at radius 1 is 1.00 bits per heavy atom. The molecule has 0 aliphatic carbocycles. The van der Waals surface area contributed by atoms with Crippen molar-refractivity contribution in [3.63, 3.8) is 0 Å². The fourth-order valence-electron chi connectivity index (χ4n) is 1.82. The van der Waals surface area contributed by atoms with Crippen LogP contribution < -0.4 is 4.74 Å². The van der Waals surface area contributed by atoms with E-state index >= 15 is 0 Å². The van der Waals surface area contributed by atoms with E-state index < -0.39 is 0 Å². The topological polar surface area (TPSA) is 22.1 Å². The quantitative estimate of drug-likeness (QED) is 0.690. The van der Waals surface area contributed by atoms with Crippen LogP contribution in [0.2, 0.25) is 0 Å². The third kappa shape index (κ3) is 2.22. The zero-order valence-electron chi connectivity index (χ0n) is 10.0. The van der Waals surface area contributed by atoms with Crippen LogP contribution in [-0.2, 0) is 0 Å². The minimum atomic E-state index is -0.0233. The van der Waals surface area contributed by atoms with E-state index in [0.29, 0.717) is 0 Å². The lowest BCUT2D eigenvalue weighted by Gasteiger charge is -2.11. The second-order valence-electron chi connectivity index (χ2n) is 4.09. The van der Waals surface area contributed by atoms with Crippen molar-refractivity contribution >= 4 is 21.6 Å². The molecular weight excluding hydrogens is 242 g/mol. The monoisotopic (exact) mass is 255 g/mol. The number of aromatic nitrogens is 1. The molecule has 0 saturated heterocycles. The molecule has 2 aromatic carbocycles. The van der Waals surface area contributed by atoms with Gasteiger partial charge < -0.3 is 4.74 Å². The number of nitrogens with zero attached hydrogens (tertiary/aromatic N) is 1. The first-order valence-corrected chi connectivity index (χ1v) is 6.72. The molecule has 1 aromatic heterocycles. The molecule has 3 heteroatoms. The van der Waals surface area contributed by atoms with Gasteiger partial charge in [-0.3, -0.25) is 0 Å². The summed E-state index contributed by atoms with van der Waals surface area (Å²) >= 11 is 1.69. The van der Waals surface area contributed by atoms with Crippen molar-refractivity contribution in [3.05, 3.63) is 59.6 Å². The summed E-state index contributed by atoms with van der Waals surface area (Å²) in [5, 5.41) is 1.01. The highest BCUT2D eigenvalue weighted by Crippen LogP contribution is 2.28. The molecule has 0 spiro atoms. The lowest BCUT2D eigenvalue weighted by atomic mass is 10.3. The van der Waals surface area contributed by atoms with Crippen LogP contribution in [0.15, 0.2) is 54.6 Å². The Morgan fingerprint density at radius 2 is 1.72 bits per heavy atom. The van der Waals surface area contributed by atoms with Gasteiger partial charge in [0.15, 0.2) is 0 Å². The van der Waals surface area contributed by atoms with Crippen LogP contribution in [-0.4, -0.2) is 4.98 Å². The van der Waals surface area contributed by atoms with E-state index in [1.54, 1.807) is 11.3 Å². The first kappa shape index (κ1) is 11.2. The highest BCUT2D eigenvalue weighted by Gasteiger charge is 2.12. The van der Waals surface area contributed by atoms with Gasteiger partial charge in [-0.1, -0.05) is 30.3 Å². The van der Waals surface area contributed by atoms with E-state index in [0.717, 1.165) is 16.3 Å². The number of rotatable bonds is 3. The maximum atomic E-state index is 5.88. The van der Waals surface area contributed by atoms with Crippen molar-refractivity contribution in [2.45, 2.75) is 13.0 Å². The van der Waals surface area contributed by atoms with E-state index in [1.807, 2.05) is 55.5 Å². The lowest BCUT2D eigenvalue weighted by molar-refractivity contribution is 0.226. The van der Waals surface area contributed by atoms with Gasteiger partial charge in [0.2, 0.25) is 0 Å². The van der Waals surface area contributed by atoms with Crippen molar-refractivity contribution in [2.75, 3.05) is 0 Å². The minimum absolute atomic E-state index is 0.0233. The first-order chi connectivity index (χ1) is 8.83. The molecule has 0 unspecified atom stereocenters. The zero-order chi connectivity index (χ0) is 12.4. The summed E-state index contributed by atoms with van der Waals surface area (Å²) in [6, 6.07) is 18.0. The average Bonchev–Trinajstić information content (AvgIpc) is 2.84. The van der Waals surface area contributed by atoms with Crippen LogP contribution in [0.25, 0.3) is 10.2 Å². The number of benzene rings is 2. The Morgan fingerprint density at radius 3 is 2.50 bits per heavy atom. The first-order valence-electron chi connectivity index (χ1n) is 5.90. The molecule has 0 saturated carbocycles. The number of ether oxygens (including phenoxy) is 1. The zero-order valence-corrected chi connectivity index (χ0v) is 10.9. The third-order valence-corrected chi connectivity index (χ3v) is 3.91. The molecule has 1 heterocycles. The standard InChI is InChI=1S/C15H13NOS/c1-11(17-12-7-3-2-4-8-12)15-16-13-9-5-6-10-14(13)18-15/h2-11H,1H3/t11-/m0/s1. The maximum Gasteiger partial charge on any atom is 0.147 e. The number of para-hydroxylation sites is 2. The van der Waals surface area contributed by atoms with Gasteiger partial charge in [-0.15, -0.1) is 11.3 Å². The van der Waals surface area contributed by atoms with Crippen molar-refractivity contribution in [1.29, 1.82) is 0 Å². The molecule has 0 N–H and O–H groups in total. The summed E-state index contributed by atoms with van der Waals surface area (Å²) in [6.07, 6.45) is -0.0233. The van der Waals surface area contributed by atoms with Crippen LogP contribution >= 0.6 is 11.3 Å². The highest BCUT2D eigenvalue weighted by molar-refractivity contribution is 7.18. The van der Waals surface area contributed by atoms with Crippen LogP contribution in [0.4, 0.5) is 0 Å². The van der Waals surface area contributed by atoms with E-state index in [2.05, 4.69) is 11.1 Å². The molecule has 2 nitrogen and oxygen atoms in total. The SMILES string of the molecule is C[C@H](Oc1ccccc1)c1nc2ccccc2s1. The Hall–Kier alpha value is -1.87. The molecule has 18 heavy (non-hydrogen) atoms. The van der Waals surface area contributed by atoms with Crippen LogP contribution in [0.1, 0.15) is 18.0 Å². The van der Waals surface area contributed by atoms with E-state index in [9.17, 15) is 0 Å². The van der Waals surface area contributed by atoms with E-state index in [-0.39, 0.29) is 6.10 Å². The lowest BCUT2D eigenvalue weighted by Crippen LogP contribution is -2.02. The average molecular weight is 255 g/mol. The smallest absolute Gasteiger partial charge is 0.147 e. The molecule has 1 atom stereocenters. The van der Waals surface area contributed by atoms with Crippen LogP contribution in [0.5, 0.6) is 5.75 Å². The molecule has 0 fully saturated rings. The number of hydrogen-bond acceptors (Lipinski definition) is 3. The maximum absolute atomic E-state index is 5.88. The van der Waals surface area contributed by atoms with E-state index in [1.165, 1.54) is 4.70 Å². The van der Waals surface area contributed by atoms with Crippen molar-refractivity contribution < 1.29 is 4.74 Å². The van der Waals surface area contributed by atoms with Gasteiger partial charge in [-0.05, 0) is 31.2 Å². The molecule has 0 amide bonds. The molecule has 0 bridgehead atoms. The predicted molar refractivity (Wildman–Crippen MR) is 75.1 cm³/mol. The second kappa shape index (κ2) is 4.78. The summed E-state index contributed by atoms with van der Waals surface area (Å²) in [6.45, 7) is 2.03. The van der Waals surface area contributed by atoms with Crippen LogP contribution in [0.3, 0.4) is 0 Å². The number of fused-ring (bicyclic) bond motifs is 1. The largest absolute Gasteiger partial charge is 0.484 e. The van der Waals surface area contributed by atoms with Gasteiger partial charge >= 0.3 is 0 Å². The Labute approximate surface area is 110 Å². The summed E-state index contributed by atoms with van der Waals surface area (Å²) in [5.74, 6) is 0.879. The fourth-order valence-corrected chi connectivity index (χ4v) is 2.77. The predicted octanol–water partition coefficient (Wildman–Crippen LogP) is 4.44. The minimum Gasteiger partial charge on any atom is -0.484 e. The van der Waals surface area contributed by atoms with Crippen LogP contribution in [0, 0.1) is 0 Å². The van der Waals surface area contributed by atoms with Crippen molar-refractivity contribution in [1.82, 2.24) is 4.98 Å². The van der Waals surface area contributed by atoms with E-state index in [4.69, 9.17) is 4.74 Å². The number of thiazole rings is 1. The normalized spacial score (nSPS) is 12.5. The van der Waals surface area contributed by atoms with Crippen molar-refractivity contribution in [3.8, 4) is 5.75 Å². The van der Waals surface area contributed by atoms with Gasteiger partial charge in [0.25, 0.3) is 0 Å². The Kier molecular flexibility index (Phi) is 2.99. The molecule has 0 aliphatic rings. The fraction of sp³-hybridized carbons (Fsp3) is 0.133. The van der Waals surface area contributed by atoms with Gasteiger partial charge in [-0.2, -0.15) is 0 Å². The van der Waals surface area contributed by atoms with Gasteiger partial charge in [0.1, 0.15) is 16.9 Å². The molecule has 0 radical (unpaired) electrons. The molecular formula is C15H13NOS. The second-order valence-corrected chi connectivity index (χ2v) is 5.16. The van der Waals surface area contributed by atoms with Gasteiger partial charge in [0, 0.05) is 0 Å². The van der Waals surface area contributed by atoms with Gasteiger partial charge in [-0.25, -0.2) is 4.98 Å². The molecule has 0 aliphatic heterocycles. The molecule has 3 aromatic rings. The third-order valence-electron chi connectivity index (χ3n) is 2.71.